The summed E-state index contributed by atoms with van der Waals surface area (Å²) in [4.78, 5) is 36.9. The molecule has 9 nitrogen and oxygen atoms in total. The first-order valence-corrected chi connectivity index (χ1v) is 8.97. The maximum absolute atomic E-state index is 12.7. The predicted molar refractivity (Wildman–Crippen MR) is 95.9 cm³/mol. The van der Waals surface area contributed by atoms with Crippen LogP contribution in [-0.2, 0) is 4.79 Å². The lowest BCUT2D eigenvalue weighted by Crippen LogP contribution is -2.51. The van der Waals surface area contributed by atoms with Gasteiger partial charge < -0.3 is 10.2 Å². The number of piperazine rings is 1. The molecule has 1 aliphatic rings. The van der Waals surface area contributed by atoms with Crippen molar-refractivity contribution >= 4 is 17.6 Å². The van der Waals surface area contributed by atoms with E-state index in [0.29, 0.717) is 45.0 Å². The van der Waals surface area contributed by atoms with E-state index in [1.54, 1.807) is 9.42 Å². The smallest absolute Gasteiger partial charge is 0.293 e. The Kier molecular flexibility index (Phi) is 5.46. The molecule has 3 heterocycles. The van der Waals surface area contributed by atoms with Crippen LogP contribution in [0.15, 0.2) is 6.07 Å². The Morgan fingerprint density at radius 3 is 2.58 bits per heavy atom. The van der Waals surface area contributed by atoms with Gasteiger partial charge in [-0.25, -0.2) is 9.50 Å². The molecule has 0 saturated carbocycles. The van der Waals surface area contributed by atoms with Crippen LogP contribution in [0.25, 0.3) is 5.78 Å². The molecule has 0 aliphatic carbocycles. The number of aromatic nitrogens is 4. The molecule has 1 saturated heterocycles. The highest BCUT2D eigenvalue weighted by Gasteiger charge is 2.26. The summed E-state index contributed by atoms with van der Waals surface area (Å²) >= 11 is 0. The predicted octanol–water partition coefficient (Wildman–Crippen LogP) is 0.0251. The number of rotatable bonds is 5. The van der Waals surface area contributed by atoms with Crippen LogP contribution in [0.1, 0.15) is 35.4 Å². The summed E-state index contributed by atoms with van der Waals surface area (Å²) in [5, 5.41) is 7.18. The zero-order chi connectivity index (χ0) is 18.7. The average molecular weight is 359 g/mol. The van der Waals surface area contributed by atoms with Gasteiger partial charge in [0.1, 0.15) is 0 Å². The van der Waals surface area contributed by atoms with E-state index in [-0.39, 0.29) is 17.6 Å². The van der Waals surface area contributed by atoms with Crippen LogP contribution < -0.4 is 5.32 Å². The fourth-order valence-electron chi connectivity index (χ4n) is 3.03. The molecule has 9 heteroatoms. The number of carbonyl (C=O) groups excluding carboxylic acids is 2. The van der Waals surface area contributed by atoms with Gasteiger partial charge in [0.25, 0.3) is 11.7 Å². The van der Waals surface area contributed by atoms with Gasteiger partial charge >= 0.3 is 0 Å². The maximum Gasteiger partial charge on any atom is 0.293 e. The fourth-order valence-corrected chi connectivity index (χ4v) is 3.03. The summed E-state index contributed by atoms with van der Waals surface area (Å²) in [5.41, 5.74) is 1.73. The molecule has 1 aliphatic heterocycles. The third-order valence-electron chi connectivity index (χ3n) is 4.41. The minimum atomic E-state index is -0.192. The lowest BCUT2D eigenvalue weighted by molar-refractivity contribution is -0.122. The highest BCUT2D eigenvalue weighted by atomic mass is 16.2. The molecule has 3 rings (SSSR count). The second-order valence-electron chi connectivity index (χ2n) is 6.60. The summed E-state index contributed by atoms with van der Waals surface area (Å²) in [6.45, 7) is 9.33. The quantitative estimate of drug-likeness (QED) is 0.809. The van der Waals surface area contributed by atoms with Crippen molar-refractivity contribution < 1.29 is 9.59 Å². The second-order valence-corrected chi connectivity index (χ2v) is 6.60. The minimum Gasteiger partial charge on any atom is -0.355 e. The van der Waals surface area contributed by atoms with E-state index < -0.39 is 0 Å². The normalized spacial score (nSPS) is 15.4. The van der Waals surface area contributed by atoms with Gasteiger partial charge in [0, 0.05) is 44.1 Å². The lowest BCUT2D eigenvalue weighted by atomic mass is 10.3. The Balaban J connectivity index is 1.60. The minimum absolute atomic E-state index is 0.0329. The molecular formula is C17H25N7O2. The van der Waals surface area contributed by atoms with E-state index in [0.717, 1.165) is 17.8 Å². The van der Waals surface area contributed by atoms with Gasteiger partial charge in [-0.2, -0.15) is 4.98 Å². The van der Waals surface area contributed by atoms with Gasteiger partial charge in [-0.3, -0.25) is 14.5 Å². The van der Waals surface area contributed by atoms with Crippen LogP contribution in [0.5, 0.6) is 0 Å². The van der Waals surface area contributed by atoms with Crippen molar-refractivity contribution in [2.45, 2.75) is 27.2 Å². The molecule has 0 bridgehead atoms. The number of nitrogens with one attached hydrogen (secondary N) is 1. The molecule has 2 amide bonds. The molecule has 0 aromatic carbocycles. The first-order valence-electron chi connectivity index (χ1n) is 8.97. The van der Waals surface area contributed by atoms with Crippen molar-refractivity contribution in [2.75, 3.05) is 39.3 Å². The molecule has 1 fully saturated rings. The standard InChI is InChI=1S/C17H25N7O2/c1-4-5-18-14(25)11-22-6-8-23(9-7-22)16(26)15-20-17-19-12(2)10-13(3)24(17)21-15/h10H,4-9,11H2,1-3H3,(H,18,25). The number of hydrogen-bond acceptors (Lipinski definition) is 6. The van der Waals surface area contributed by atoms with E-state index in [1.165, 1.54) is 0 Å². The van der Waals surface area contributed by atoms with E-state index in [4.69, 9.17) is 0 Å². The van der Waals surface area contributed by atoms with Gasteiger partial charge in [0.2, 0.25) is 11.7 Å². The summed E-state index contributed by atoms with van der Waals surface area (Å²) in [6.07, 6.45) is 0.924. The first kappa shape index (κ1) is 18.2. The molecule has 2 aromatic rings. The van der Waals surface area contributed by atoms with Crippen molar-refractivity contribution in [1.29, 1.82) is 0 Å². The number of aryl methyl sites for hydroxylation is 2. The Morgan fingerprint density at radius 1 is 1.15 bits per heavy atom. The topological polar surface area (TPSA) is 95.7 Å². The largest absolute Gasteiger partial charge is 0.355 e. The number of fused-ring (bicyclic) bond motifs is 1. The third-order valence-corrected chi connectivity index (χ3v) is 4.41. The maximum atomic E-state index is 12.7. The van der Waals surface area contributed by atoms with E-state index in [2.05, 4.69) is 25.3 Å². The van der Waals surface area contributed by atoms with Crippen LogP contribution >= 0.6 is 0 Å². The molecule has 0 atom stereocenters. The number of carbonyl (C=O) groups is 2. The fraction of sp³-hybridized carbons (Fsp3) is 0.588. The zero-order valence-corrected chi connectivity index (χ0v) is 15.5. The zero-order valence-electron chi connectivity index (χ0n) is 15.5. The molecule has 1 N–H and O–H groups in total. The molecule has 0 radical (unpaired) electrons. The van der Waals surface area contributed by atoms with Crippen molar-refractivity contribution in [1.82, 2.24) is 34.7 Å². The molecule has 2 aromatic heterocycles. The van der Waals surface area contributed by atoms with Gasteiger partial charge in [0.15, 0.2) is 0 Å². The van der Waals surface area contributed by atoms with Crippen LogP contribution in [-0.4, -0.2) is 80.5 Å². The van der Waals surface area contributed by atoms with Crippen molar-refractivity contribution in [3.63, 3.8) is 0 Å². The Hall–Kier alpha value is -2.55. The molecule has 0 spiro atoms. The molecule has 0 unspecified atom stereocenters. The van der Waals surface area contributed by atoms with Crippen LogP contribution in [0, 0.1) is 13.8 Å². The second kappa shape index (κ2) is 7.77. The van der Waals surface area contributed by atoms with E-state index in [9.17, 15) is 9.59 Å². The highest BCUT2D eigenvalue weighted by molar-refractivity contribution is 5.91. The number of nitrogens with zero attached hydrogens (tertiary/aromatic N) is 6. The average Bonchev–Trinajstić information content (AvgIpc) is 3.04. The summed E-state index contributed by atoms with van der Waals surface area (Å²) in [6, 6.07) is 1.90. The highest BCUT2D eigenvalue weighted by Crippen LogP contribution is 2.09. The number of amides is 2. The lowest BCUT2D eigenvalue weighted by Gasteiger charge is -2.33. The van der Waals surface area contributed by atoms with Crippen LogP contribution in [0.2, 0.25) is 0 Å². The van der Waals surface area contributed by atoms with Gasteiger partial charge in [0.05, 0.1) is 6.54 Å². The molecular weight excluding hydrogens is 334 g/mol. The monoisotopic (exact) mass is 359 g/mol. The van der Waals surface area contributed by atoms with Gasteiger partial charge in [-0.1, -0.05) is 6.92 Å². The van der Waals surface area contributed by atoms with Gasteiger partial charge in [-0.15, -0.1) is 5.10 Å². The summed E-state index contributed by atoms with van der Waals surface area (Å²) in [7, 11) is 0. The van der Waals surface area contributed by atoms with E-state index >= 15 is 0 Å². The SMILES string of the molecule is CCCNC(=O)CN1CCN(C(=O)c2nc3nc(C)cc(C)n3n2)CC1. The van der Waals surface area contributed by atoms with Crippen molar-refractivity contribution in [2.24, 2.45) is 0 Å². The number of hydrogen-bond donors (Lipinski definition) is 1. The van der Waals surface area contributed by atoms with Crippen molar-refractivity contribution in [3.8, 4) is 0 Å². The Labute approximate surface area is 152 Å². The third kappa shape index (κ3) is 3.98. The van der Waals surface area contributed by atoms with Crippen LogP contribution in [0.4, 0.5) is 0 Å². The molecule has 26 heavy (non-hydrogen) atoms. The first-order chi connectivity index (χ1) is 12.5. The van der Waals surface area contributed by atoms with Crippen molar-refractivity contribution in [3.05, 3.63) is 23.3 Å². The Morgan fingerprint density at radius 2 is 1.88 bits per heavy atom. The summed E-state index contributed by atoms with van der Waals surface area (Å²) in [5.74, 6) is 0.450. The van der Waals surface area contributed by atoms with Crippen LogP contribution in [0.3, 0.4) is 0 Å². The summed E-state index contributed by atoms with van der Waals surface area (Å²) < 4.78 is 1.59. The van der Waals surface area contributed by atoms with E-state index in [1.807, 2.05) is 26.8 Å². The van der Waals surface area contributed by atoms with Gasteiger partial charge in [-0.05, 0) is 26.3 Å². The molecule has 140 valence electrons. The Bertz CT molecular complexity index is 809.